The van der Waals surface area contributed by atoms with E-state index in [9.17, 15) is 9.59 Å². The minimum absolute atomic E-state index is 0.0637. The van der Waals surface area contributed by atoms with E-state index in [-0.39, 0.29) is 18.4 Å². The summed E-state index contributed by atoms with van der Waals surface area (Å²) in [6.07, 6.45) is 0.500. The van der Waals surface area contributed by atoms with E-state index >= 15 is 0 Å². The fourth-order valence-corrected chi connectivity index (χ4v) is 1.69. The number of amides is 1. The van der Waals surface area contributed by atoms with Crippen LogP contribution in [-0.2, 0) is 4.79 Å². The molecule has 1 aromatic rings. The largest absolute Gasteiger partial charge is 0.481 e. The lowest BCUT2D eigenvalue weighted by Gasteiger charge is -2.14. The van der Waals surface area contributed by atoms with E-state index < -0.39 is 5.97 Å². The van der Waals surface area contributed by atoms with Gasteiger partial charge in [0.25, 0.3) is 5.91 Å². The molecule has 0 saturated carbocycles. The third-order valence-electron chi connectivity index (χ3n) is 2.81. The van der Waals surface area contributed by atoms with Gasteiger partial charge in [-0.25, -0.2) is 0 Å². The standard InChI is InChI=1S/C14H19NO3/c1-9-4-5-10(2)12(8-9)14(18)15-11(3)6-7-13(16)17/h4-5,8,11H,6-7H2,1-3H3,(H,15,18)(H,16,17). The Labute approximate surface area is 107 Å². The van der Waals surface area contributed by atoms with Crippen molar-refractivity contribution in [1.29, 1.82) is 0 Å². The summed E-state index contributed by atoms with van der Waals surface area (Å²) in [6.45, 7) is 5.63. The van der Waals surface area contributed by atoms with Gasteiger partial charge in [0, 0.05) is 18.0 Å². The minimum Gasteiger partial charge on any atom is -0.481 e. The maximum absolute atomic E-state index is 12.0. The third kappa shape index (κ3) is 4.20. The van der Waals surface area contributed by atoms with Crippen LogP contribution < -0.4 is 5.32 Å². The first kappa shape index (κ1) is 14.2. The molecule has 0 fully saturated rings. The van der Waals surface area contributed by atoms with Crippen LogP contribution in [0.25, 0.3) is 0 Å². The predicted molar refractivity (Wildman–Crippen MR) is 69.7 cm³/mol. The van der Waals surface area contributed by atoms with Gasteiger partial charge in [0.15, 0.2) is 0 Å². The second-order valence-electron chi connectivity index (χ2n) is 4.63. The van der Waals surface area contributed by atoms with Crippen molar-refractivity contribution in [2.75, 3.05) is 0 Å². The van der Waals surface area contributed by atoms with Crippen LogP contribution >= 0.6 is 0 Å². The number of benzene rings is 1. The highest BCUT2D eigenvalue weighted by atomic mass is 16.4. The summed E-state index contributed by atoms with van der Waals surface area (Å²) in [6, 6.07) is 5.56. The van der Waals surface area contributed by atoms with E-state index in [4.69, 9.17) is 5.11 Å². The molecule has 0 bridgehead atoms. The Bertz CT molecular complexity index is 454. The average molecular weight is 249 g/mol. The molecule has 18 heavy (non-hydrogen) atoms. The van der Waals surface area contributed by atoms with Crippen molar-refractivity contribution in [2.45, 2.75) is 39.7 Å². The third-order valence-corrected chi connectivity index (χ3v) is 2.81. The predicted octanol–water partition coefficient (Wildman–Crippen LogP) is 2.29. The van der Waals surface area contributed by atoms with Crippen LogP contribution in [0.5, 0.6) is 0 Å². The summed E-state index contributed by atoms with van der Waals surface area (Å²) in [4.78, 5) is 22.5. The summed E-state index contributed by atoms with van der Waals surface area (Å²) in [7, 11) is 0. The molecule has 1 unspecified atom stereocenters. The molecule has 4 heteroatoms. The Balaban J connectivity index is 2.64. The van der Waals surface area contributed by atoms with E-state index in [1.54, 1.807) is 0 Å². The maximum atomic E-state index is 12.0. The molecule has 1 atom stereocenters. The molecule has 0 aliphatic rings. The van der Waals surface area contributed by atoms with Crippen molar-refractivity contribution in [1.82, 2.24) is 5.32 Å². The molecule has 4 nitrogen and oxygen atoms in total. The number of carbonyl (C=O) groups excluding carboxylic acids is 1. The molecule has 0 spiro atoms. The van der Waals surface area contributed by atoms with Crippen molar-refractivity contribution >= 4 is 11.9 Å². The molecule has 1 amide bonds. The first-order valence-electron chi connectivity index (χ1n) is 6.00. The smallest absolute Gasteiger partial charge is 0.303 e. The Morgan fingerprint density at radius 1 is 1.33 bits per heavy atom. The lowest BCUT2D eigenvalue weighted by atomic mass is 10.0. The Hall–Kier alpha value is -1.84. The van der Waals surface area contributed by atoms with Gasteiger partial charge in [-0.15, -0.1) is 0 Å². The van der Waals surface area contributed by atoms with Crippen LogP contribution in [0, 0.1) is 13.8 Å². The first-order valence-corrected chi connectivity index (χ1v) is 6.00. The molecule has 0 radical (unpaired) electrons. The van der Waals surface area contributed by atoms with E-state index in [0.29, 0.717) is 12.0 Å². The molecule has 1 aromatic carbocycles. The van der Waals surface area contributed by atoms with Crippen LogP contribution in [0.4, 0.5) is 0 Å². The van der Waals surface area contributed by atoms with Gasteiger partial charge in [-0.1, -0.05) is 17.7 Å². The molecule has 0 heterocycles. The van der Waals surface area contributed by atoms with Gasteiger partial charge in [-0.2, -0.15) is 0 Å². The number of rotatable bonds is 5. The number of carboxylic acids is 1. The maximum Gasteiger partial charge on any atom is 0.303 e. The minimum atomic E-state index is -0.845. The van der Waals surface area contributed by atoms with Crippen LogP contribution in [0.3, 0.4) is 0 Å². The zero-order valence-electron chi connectivity index (χ0n) is 11.0. The highest BCUT2D eigenvalue weighted by Crippen LogP contribution is 2.11. The van der Waals surface area contributed by atoms with Crippen molar-refractivity contribution in [3.05, 3.63) is 34.9 Å². The monoisotopic (exact) mass is 249 g/mol. The second kappa shape index (κ2) is 6.19. The van der Waals surface area contributed by atoms with E-state index in [2.05, 4.69) is 5.32 Å². The number of carboxylic acid groups (broad SMARTS) is 1. The van der Waals surface area contributed by atoms with Gasteiger partial charge < -0.3 is 10.4 Å². The Morgan fingerprint density at radius 3 is 2.61 bits per heavy atom. The topological polar surface area (TPSA) is 66.4 Å². The van der Waals surface area contributed by atoms with E-state index in [0.717, 1.165) is 11.1 Å². The highest BCUT2D eigenvalue weighted by Gasteiger charge is 2.13. The van der Waals surface area contributed by atoms with Crippen LogP contribution in [0.2, 0.25) is 0 Å². The molecule has 1 rings (SSSR count). The van der Waals surface area contributed by atoms with Crippen LogP contribution in [0.15, 0.2) is 18.2 Å². The number of hydrogen-bond acceptors (Lipinski definition) is 2. The number of nitrogens with one attached hydrogen (secondary N) is 1. The number of carbonyl (C=O) groups is 2. The zero-order valence-corrected chi connectivity index (χ0v) is 11.0. The SMILES string of the molecule is Cc1ccc(C)c(C(=O)NC(C)CCC(=O)O)c1. The van der Waals surface area contributed by atoms with Crippen molar-refractivity contribution in [3.63, 3.8) is 0 Å². The molecule has 0 aromatic heterocycles. The van der Waals surface area contributed by atoms with Crippen molar-refractivity contribution < 1.29 is 14.7 Å². The van der Waals surface area contributed by atoms with E-state index in [1.807, 2.05) is 39.0 Å². The normalized spacial score (nSPS) is 11.9. The summed E-state index contributed by atoms with van der Waals surface area (Å²) in [5.41, 5.74) is 2.60. The molecular formula is C14H19NO3. The van der Waals surface area contributed by atoms with Gasteiger partial charge >= 0.3 is 5.97 Å². The summed E-state index contributed by atoms with van der Waals surface area (Å²) < 4.78 is 0. The number of hydrogen-bond donors (Lipinski definition) is 2. The van der Waals surface area contributed by atoms with Gasteiger partial charge in [0.2, 0.25) is 0 Å². The van der Waals surface area contributed by atoms with Gasteiger partial charge in [0.05, 0.1) is 0 Å². The van der Waals surface area contributed by atoms with Gasteiger partial charge in [-0.3, -0.25) is 9.59 Å². The van der Waals surface area contributed by atoms with E-state index in [1.165, 1.54) is 0 Å². The molecule has 0 aliphatic carbocycles. The highest BCUT2D eigenvalue weighted by molar-refractivity contribution is 5.96. The van der Waals surface area contributed by atoms with Crippen LogP contribution in [0.1, 0.15) is 41.3 Å². The number of aliphatic carboxylic acids is 1. The second-order valence-corrected chi connectivity index (χ2v) is 4.63. The summed E-state index contributed by atoms with van der Waals surface area (Å²) in [5.74, 6) is -0.989. The Morgan fingerprint density at radius 2 is 2.00 bits per heavy atom. The molecule has 2 N–H and O–H groups in total. The lowest BCUT2D eigenvalue weighted by Crippen LogP contribution is -2.33. The zero-order chi connectivity index (χ0) is 13.7. The lowest BCUT2D eigenvalue weighted by molar-refractivity contribution is -0.137. The summed E-state index contributed by atoms with van der Waals surface area (Å²) >= 11 is 0. The average Bonchev–Trinajstić information content (AvgIpc) is 2.29. The van der Waals surface area contributed by atoms with Crippen molar-refractivity contribution in [3.8, 4) is 0 Å². The van der Waals surface area contributed by atoms with Gasteiger partial charge in [-0.05, 0) is 38.8 Å². The number of aryl methyl sites for hydroxylation is 2. The summed E-state index contributed by atoms with van der Waals surface area (Å²) in [5, 5.41) is 11.4. The van der Waals surface area contributed by atoms with Crippen molar-refractivity contribution in [2.24, 2.45) is 0 Å². The fourth-order valence-electron chi connectivity index (χ4n) is 1.69. The first-order chi connectivity index (χ1) is 8.40. The molecule has 0 aliphatic heterocycles. The van der Waals surface area contributed by atoms with Gasteiger partial charge in [0.1, 0.15) is 0 Å². The molecule has 98 valence electrons. The Kier molecular flexibility index (Phi) is 4.89. The quantitative estimate of drug-likeness (QED) is 0.841. The molecular weight excluding hydrogens is 230 g/mol. The molecule has 0 saturated heterocycles. The van der Waals surface area contributed by atoms with Crippen LogP contribution in [-0.4, -0.2) is 23.0 Å². The fraction of sp³-hybridized carbons (Fsp3) is 0.429.